The van der Waals surface area contributed by atoms with Gasteiger partial charge < -0.3 is 10.6 Å². The summed E-state index contributed by atoms with van der Waals surface area (Å²) in [7, 11) is 0. The van der Waals surface area contributed by atoms with Crippen molar-refractivity contribution in [2.75, 3.05) is 18.8 Å². The van der Waals surface area contributed by atoms with E-state index in [0.717, 1.165) is 18.7 Å². The summed E-state index contributed by atoms with van der Waals surface area (Å²) in [6.45, 7) is 3.47. The van der Waals surface area contributed by atoms with Crippen molar-refractivity contribution in [3.05, 3.63) is 33.7 Å². The highest BCUT2D eigenvalue weighted by atomic mass is 35.5. The fourth-order valence-corrected chi connectivity index (χ4v) is 4.49. The van der Waals surface area contributed by atoms with Crippen LogP contribution >= 0.6 is 35.5 Å². The number of halogens is 1. The number of fused-ring (bicyclic) bond motifs is 1. The third-order valence-corrected chi connectivity index (χ3v) is 5.85. The lowest BCUT2D eigenvalue weighted by Crippen LogP contribution is -2.35. The minimum atomic E-state index is -0.0721. The minimum Gasteiger partial charge on any atom is -0.339 e. The number of carbonyl (C=O) groups excluding carboxylic acids is 1. The topological polar surface area (TPSA) is 80.7 Å². The smallest absolute Gasteiger partial charge is 0.258 e. The van der Waals surface area contributed by atoms with Crippen LogP contribution in [0, 0.1) is 5.92 Å². The van der Waals surface area contributed by atoms with Crippen LogP contribution in [0.2, 0.25) is 0 Å². The Morgan fingerprint density at radius 1 is 1.54 bits per heavy atom. The van der Waals surface area contributed by atoms with Crippen molar-refractivity contribution in [2.45, 2.75) is 25.1 Å². The first-order valence-electron chi connectivity index (χ1n) is 7.61. The van der Waals surface area contributed by atoms with Crippen LogP contribution in [0.4, 0.5) is 0 Å². The zero-order valence-electron chi connectivity index (χ0n) is 13.4. The Labute approximate surface area is 154 Å². The third-order valence-electron chi connectivity index (χ3n) is 4.15. The molecular weight excluding hydrogens is 368 g/mol. The SMILES string of the molecule is CC1CC(CN)CN1C(=O)CSCc1cc(=O)n2ccsc2n1.Cl. The van der Waals surface area contributed by atoms with Crippen LogP contribution in [0.15, 0.2) is 22.4 Å². The van der Waals surface area contributed by atoms with Gasteiger partial charge >= 0.3 is 0 Å². The molecule has 0 aliphatic carbocycles. The highest BCUT2D eigenvalue weighted by Crippen LogP contribution is 2.23. The third kappa shape index (κ3) is 4.11. The molecule has 1 amide bonds. The molecule has 1 aliphatic heterocycles. The second kappa shape index (κ2) is 8.33. The second-order valence-electron chi connectivity index (χ2n) is 5.87. The summed E-state index contributed by atoms with van der Waals surface area (Å²) >= 11 is 2.94. The lowest BCUT2D eigenvalue weighted by molar-refractivity contribution is -0.128. The molecule has 0 spiro atoms. The molecule has 1 aliphatic rings. The van der Waals surface area contributed by atoms with E-state index in [-0.39, 0.29) is 29.9 Å². The van der Waals surface area contributed by atoms with E-state index in [4.69, 9.17) is 5.73 Å². The Morgan fingerprint density at radius 3 is 3.04 bits per heavy atom. The van der Waals surface area contributed by atoms with Gasteiger partial charge in [-0.3, -0.25) is 14.0 Å². The van der Waals surface area contributed by atoms with Crippen molar-refractivity contribution in [1.82, 2.24) is 14.3 Å². The summed E-state index contributed by atoms with van der Waals surface area (Å²) in [5, 5.41) is 1.84. The Morgan fingerprint density at radius 2 is 2.33 bits per heavy atom. The first-order chi connectivity index (χ1) is 11.1. The largest absolute Gasteiger partial charge is 0.339 e. The van der Waals surface area contributed by atoms with Gasteiger partial charge in [-0.05, 0) is 25.8 Å². The molecule has 0 saturated carbocycles. The van der Waals surface area contributed by atoms with Gasteiger partial charge in [-0.25, -0.2) is 4.98 Å². The second-order valence-corrected chi connectivity index (χ2v) is 7.73. The molecule has 0 bridgehead atoms. The van der Waals surface area contributed by atoms with Gasteiger partial charge in [0.2, 0.25) is 5.91 Å². The molecule has 3 heterocycles. The number of hydrogen-bond donors (Lipinski definition) is 1. The van der Waals surface area contributed by atoms with Crippen molar-refractivity contribution in [3.63, 3.8) is 0 Å². The van der Waals surface area contributed by atoms with E-state index in [1.165, 1.54) is 27.5 Å². The number of carbonyl (C=O) groups is 1. The summed E-state index contributed by atoms with van der Waals surface area (Å²) in [5.41, 5.74) is 6.36. The molecular formula is C15H21ClN4O2S2. The van der Waals surface area contributed by atoms with Crippen molar-refractivity contribution in [3.8, 4) is 0 Å². The number of hydrogen-bond acceptors (Lipinski definition) is 6. The number of likely N-dealkylation sites (tertiary alicyclic amines) is 1. The fourth-order valence-electron chi connectivity index (χ4n) is 2.95. The Balaban J connectivity index is 0.00000208. The van der Waals surface area contributed by atoms with E-state index in [9.17, 15) is 9.59 Å². The zero-order chi connectivity index (χ0) is 16.4. The predicted octanol–water partition coefficient (Wildman–Crippen LogP) is 1.61. The van der Waals surface area contributed by atoms with E-state index < -0.39 is 0 Å². The van der Waals surface area contributed by atoms with Gasteiger partial charge in [-0.15, -0.1) is 35.5 Å². The molecule has 0 aromatic carbocycles. The number of aromatic nitrogens is 2. The molecule has 2 aromatic rings. The Kier molecular flexibility index (Phi) is 6.68. The van der Waals surface area contributed by atoms with Crippen LogP contribution in [0.5, 0.6) is 0 Å². The van der Waals surface area contributed by atoms with Crippen LogP contribution in [0.1, 0.15) is 19.0 Å². The lowest BCUT2D eigenvalue weighted by Gasteiger charge is -2.21. The lowest BCUT2D eigenvalue weighted by atomic mass is 10.1. The van der Waals surface area contributed by atoms with Crippen LogP contribution in [-0.4, -0.2) is 45.1 Å². The first-order valence-corrected chi connectivity index (χ1v) is 9.65. The number of nitrogens with zero attached hydrogens (tertiary/aromatic N) is 3. The molecule has 9 heteroatoms. The van der Waals surface area contributed by atoms with E-state index >= 15 is 0 Å². The number of thiazole rings is 1. The molecule has 1 saturated heterocycles. The molecule has 132 valence electrons. The monoisotopic (exact) mass is 388 g/mol. The van der Waals surface area contributed by atoms with E-state index in [1.54, 1.807) is 12.3 Å². The maximum Gasteiger partial charge on any atom is 0.258 e. The number of nitrogens with two attached hydrogens (primary N) is 1. The maximum absolute atomic E-state index is 12.3. The molecule has 3 rings (SSSR count). The van der Waals surface area contributed by atoms with Crippen molar-refractivity contribution >= 4 is 46.4 Å². The van der Waals surface area contributed by atoms with Crippen LogP contribution in [-0.2, 0) is 10.5 Å². The average molecular weight is 389 g/mol. The summed E-state index contributed by atoms with van der Waals surface area (Å²) in [6.07, 6.45) is 2.71. The number of amides is 1. The highest BCUT2D eigenvalue weighted by molar-refractivity contribution is 7.99. The maximum atomic E-state index is 12.3. The van der Waals surface area contributed by atoms with Crippen LogP contribution in [0.3, 0.4) is 0 Å². The Bertz CT molecular complexity index is 763. The van der Waals surface area contributed by atoms with Gasteiger partial charge in [0.15, 0.2) is 4.96 Å². The van der Waals surface area contributed by atoms with Gasteiger partial charge in [0.05, 0.1) is 11.4 Å². The quantitative estimate of drug-likeness (QED) is 0.841. The van der Waals surface area contributed by atoms with Crippen molar-refractivity contribution in [2.24, 2.45) is 11.7 Å². The number of thioether (sulfide) groups is 1. The fraction of sp³-hybridized carbons (Fsp3) is 0.533. The molecule has 2 atom stereocenters. The molecule has 6 nitrogen and oxygen atoms in total. The summed E-state index contributed by atoms with van der Waals surface area (Å²) in [4.78, 5) is 31.3. The van der Waals surface area contributed by atoms with Crippen molar-refractivity contribution in [1.29, 1.82) is 0 Å². The van der Waals surface area contributed by atoms with Gasteiger partial charge in [0.25, 0.3) is 5.56 Å². The summed E-state index contributed by atoms with van der Waals surface area (Å²) in [5.74, 6) is 1.54. The molecule has 1 fully saturated rings. The van der Waals surface area contributed by atoms with Gasteiger partial charge in [0, 0.05) is 36.0 Å². The first kappa shape index (κ1) is 19.2. The summed E-state index contributed by atoms with van der Waals surface area (Å²) in [6, 6.07) is 1.81. The van der Waals surface area contributed by atoms with Crippen molar-refractivity contribution < 1.29 is 4.79 Å². The standard InChI is InChI=1S/C15H20N4O2S2.ClH/c1-10-4-11(6-16)7-19(10)14(21)9-22-8-12-5-13(20)18-2-3-23-15(18)17-12;/h2-3,5,10-11H,4,6-9,16H2,1H3;1H. The normalized spacial score (nSPS) is 20.3. The molecule has 2 aromatic heterocycles. The van der Waals surface area contributed by atoms with E-state index in [1.807, 2.05) is 10.3 Å². The van der Waals surface area contributed by atoms with E-state index in [2.05, 4.69) is 11.9 Å². The van der Waals surface area contributed by atoms with Crippen LogP contribution in [0.25, 0.3) is 4.96 Å². The number of rotatable bonds is 5. The van der Waals surface area contributed by atoms with Gasteiger partial charge in [-0.1, -0.05) is 0 Å². The summed E-state index contributed by atoms with van der Waals surface area (Å²) < 4.78 is 1.53. The Hall–Kier alpha value is -1.09. The zero-order valence-corrected chi connectivity index (χ0v) is 15.8. The average Bonchev–Trinajstić information content (AvgIpc) is 3.13. The minimum absolute atomic E-state index is 0. The molecule has 2 unspecified atom stereocenters. The van der Waals surface area contributed by atoms with Gasteiger partial charge in [-0.2, -0.15) is 0 Å². The predicted molar refractivity (Wildman–Crippen MR) is 101 cm³/mol. The van der Waals surface area contributed by atoms with Crippen LogP contribution < -0.4 is 11.3 Å². The molecule has 24 heavy (non-hydrogen) atoms. The molecule has 2 N–H and O–H groups in total. The van der Waals surface area contributed by atoms with Gasteiger partial charge in [0.1, 0.15) is 0 Å². The molecule has 0 radical (unpaired) electrons. The van der Waals surface area contributed by atoms with E-state index in [0.29, 0.717) is 28.9 Å². The highest BCUT2D eigenvalue weighted by Gasteiger charge is 2.31.